The van der Waals surface area contributed by atoms with Crippen LogP contribution in [0.25, 0.3) is 0 Å². The predicted octanol–water partition coefficient (Wildman–Crippen LogP) is 0.942. The first-order chi connectivity index (χ1) is 8.11. The molecule has 5 heteroatoms. The van der Waals surface area contributed by atoms with E-state index in [1.54, 1.807) is 0 Å². The molecule has 1 fully saturated rings. The molecule has 0 aromatic carbocycles. The number of rotatable bonds is 3. The SMILES string of the molecule is CC(C(=O)NC(C)(C)C)N1C[C@@H](C)[C@H](C(=O)O)C1. The van der Waals surface area contributed by atoms with Crippen LogP contribution in [0.15, 0.2) is 0 Å². The summed E-state index contributed by atoms with van der Waals surface area (Å²) in [6.07, 6.45) is 0. The zero-order valence-electron chi connectivity index (χ0n) is 11.9. The van der Waals surface area contributed by atoms with Crippen LogP contribution < -0.4 is 5.32 Å². The van der Waals surface area contributed by atoms with Crippen LogP contribution in [-0.4, -0.2) is 46.6 Å². The van der Waals surface area contributed by atoms with Gasteiger partial charge in [-0.05, 0) is 33.6 Å². The summed E-state index contributed by atoms with van der Waals surface area (Å²) in [5.74, 6) is -1.09. The minimum Gasteiger partial charge on any atom is -0.481 e. The first kappa shape index (κ1) is 15.0. The van der Waals surface area contributed by atoms with E-state index in [1.807, 2.05) is 39.5 Å². The molecule has 1 aliphatic heterocycles. The number of nitrogens with zero attached hydrogens (tertiary/aromatic N) is 1. The summed E-state index contributed by atoms with van der Waals surface area (Å²) in [4.78, 5) is 25.0. The molecule has 1 saturated heterocycles. The third-order valence-corrected chi connectivity index (χ3v) is 3.38. The number of carbonyl (C=O) groups is 2. The molecule has 0 spiro atoms. The van der Waals surface area contributed by atoms with Gasteiger partial charge in [0, 0.05) is 18.6 Å². The Hall–Kier alpha value is -1.10. The van der Waals surface area contributed by atoms with E-state index in [-0.39, 0.29) is 29.3 Å². The zero-order valence-corrected chi connectivity index (χ0v) is 11.9. The standard InChI is InChI=1S/C13H24N2O3/c1-8-6-15(7-10(8)12(17)18)9(2)11(16)14-13(3,4)5/h8-10H,6-7H2,1-5H3,(H,14,16)(H,17,18)/t8-,9?,10-/m1/s1. The first-order valence-electron chi connectivity index (χ1n) is 6.40. The lowest BCUT2D eigenvalue weighted by Crippen LogP contribution is -2.50. The Morgan fingerprint density at radius 2 is 1.89 bits per heavy atom. The normalized spacial score (nSPS) is 26.9. The minimum atomic E-state index is -0.770. The minimum absolute atomic E-state index is 0.0410. The van der Waals surface area contributed by atoms with Gasteiger partial charge in [0.25, 0.3) is 0 Å². The zero-order chi connectivity index (χ0) is 14.1. The third-order valence-electron chi connectivity index (χ3n) is 3.38. The Morgan fingerprint density at radius 1 is 1.33 bits per heavy atom. The molecule has 0 radical (unpaired) electrons. The molecule has 18 heavy (non-hydrogen) atoms. The number of amides is 1. The first-order valence-corrected chi connectivity index (χ1v) is 6.40. The largest absolute Gasteiger partial charge is 0.481 e. The van der Waals surface area contributed by atoms with Crippen LogP contribution in [0.5, 0.6) is 0 Å². The van der Waals surface area contributed by atoms with Crippen LogP contribution in [0.3, 0.4) is 0 Å². The van der Waals surface area contributed by atoms with Crippen molar-refractivity contribution in [2.75, 3.05) is 13.1 Å². The van der Waals surface area contributed by atoms with Crippen LogP contribution in [-0.2, 0) is 9.59 Å². The number of aliphatic carboxylic acids is 1. The summed E-state index contributed by atoms with van der Waals surface area (Å²) in [5.41, 5.74) is -0.261. The van der Waals surface area contributed by atoms with Crippen molar-refractivity contribution in [2.24, 2.45) is 11.8 Å². The van der Waals surface area contributed by atoms with Crippen LogP contribution in [0, 0.1) is 11.8 Å². The number of carboxylic acids is 1. The van der Waals surface area contributed by atoms with Gasteiger partial charge in [0.1, 0.15) is 0 Å². The number of carboxylic acid groups (broad SMARTS) is 1. The number of hydrogen-bond acceptors (Lipinski definition) is 3. The molecule has 1 aliphatic rings. The molecule has 5 nitrogen and oxygen atoms in total. The van der Waals surface area contributed by atoms with E-state index in [4.69, 9.17) is 5.11 Å². The summed E-state index contributed by atoms with van der Waals surface area (Å²) >= 11 is 0. The maximum absolute atomic E-state index is 12.0. The highest BCUT2D eigenvalue weighted by Crippen LogP contribution is 2.25. The van der Waals surface area contributed by atoms with Crippen molar-refractivity contribution < 1.29 is 14.7 Å². The Balaban J connectivity index is 2.61. The van der Waals surface area contributed by atoms with Gasteiger partial charge in [-0.25, -0.2) is 0 Å². The van der Waals surface area contributed by atoms with Gasteiger partial charge in [-0.1, -0.05) is 6.92 Å². The van der Waals surface area contributed by atoms with Crippen molar-refractivity contribution in [1.82, 2.24) is 10.2 Å². The van der Waals surface area contributed by atoms with Gasteiger partial charge < -0.3 is 10.4 Å². The molecule has 1 rings (SSSR count). The molecular formula is C13H24N2O3. The molecule has 0 aromatic heterocycles. The molecule has 1 unspecified atom stereocenters. The average molecular weight is 256 g/mol. The summed E-state index contributed by atoms with van der Waals surface area (Å²) in [6.45, 7) is 10.7. The number of likely N-dealkylation sites (tertiary alicyclic amines) is 1. The molecule has 2 N–H and O–H groups in total. The predicted molar refractivity (Wildman–Crippen MR) is 69.2 cm³/mol. The second-order valence-corrected chi connectivity index (χ2v) is 6.29. The fourth-order valence-electron chi connectivity index (χ4n) is 2.28. The second-order valence-electron chi connectivity index (χ2n) is 6.29. The van der Waals surface area contributed by atoms with Crippen molar-refractivity contribution in [3.63, 3.8) is 0 Å². The van der Waals surface area contributed by atoms with E-state index in [0.717, 1.165) is 0 Å². The fourth-order valence-corrected chi connectivity index (χ4v) is 2.28. The summed E-state index contributed by atoms with van der Waals surface area (Å²) < 4.78 is 0. The highest BCUT2D eigenvalue weighted by molar-refractivity contribution is 5.82. The van der Waals surface area contributed by atoms with E-state index < -0.39 is 5.97 Å². The van der Waals surface area contributed by atoms with E-state index in [1.165, 1.54) is 0 Å². The van der Waals surface area contributed by atoms with Gasteiger partial charge in [-0.3, -0.25) is 14.5 Å². The maximum atomic E-state index is 12.0. The Bertz CT molecular complexity index is 336. The third kappa shape index (κ3) is 3.70. The van der Waals surface area contributed by atoms with E-state index in [9.17, 15) is 9.59 Å². The number of hydrogen-bond donors (Lipinski definition) is 2. The number of nitrogens with one attached hydrogen (secondary N) is 1. The highest BCUT2D eigenvalue weighted by Gasteiger charge is 2.38. The van der Waals surface area contributed by atoms with Gasteiger partial charge in [0.2, 0.25) is 5.91 Å². The van der Waals surface area contributed by atoms with E-state index in [2.05, 4.69) is 5.32 Å². The van der Waals surface area contributed by atoms with E-state index >= 15 is 0 Å². The summed E-state index contributed by atoms with van der Waals surface area (Å²) in [5, 5.41) is 12.0. The van der Waals surface area contributed by atoms with Crippen molar-refractivity contribution in [3.05, 3.63) is 0 Å². The monoisotopic (exact) mass is 256 g/mol. The molecular weight excluding hydrogens is 232 g/mol. The van der Waals surface area contributed by atoms with Crippen molar-refractivity contribution >= 4 is 11.9 Å². The second kappa shape index (κ2) is 5.26. The van der Waals surface area contributed by atoms with Gasteiger partial charge in [-0.2, -0.15) is 0 Å². The highest BCUT2D eigenvalue weighted by atomic mass is 16.4. The maximum Gasteiger partial charge on any atom is 0.308 e. The number of carbonyl (C=O) groups excluding carboxylic acids is 1. The Kier molecular flexibility index (Phi) is 4.37. The lowest BCUT2D eigenvalue weighted by Gasteiger charge is -2.28. The van der Waals surface area contributed by atoms with Crippen molar-refractivity contribution in [1.29, 1.82) is 0 Å². The van der Waals surface area contributed by atoms with Gasteiger partial charge >= 0.3 is 5.97 Å². The molecule has 0 aliphatic carbocycles. The molecule has 1 amide bonds. The fraction of sp³-hybridized carbons (Fsp3) is 0.846. The van der Waals surface area contributed by atoms with Gasteiger partial charge in [-0.15, -0.1) is 0 Å². The smallest absolute Gasteiger partial charge is 0.308 e. The molecule has 0 bridgehead atoms. The lowest BCUT2D eigenvalue weighted by atomic mass is 9.99. The van der Waals surface area contributed by atoms with Crippen LogP contribution >= 0.6 is 0 Å². The summed E-state index contributed by atoms with van der Waals surface area (Å²) in [7, 11) is 0. The molecule has 0 saturated carbocycles. The Labute approximate surface area is 109 Å². The van der Waals surface area contributed by atoms with Gasteiger partial charge in [0.15, 0.2) is 0 Å². The van der Waals surface area contributed by atoms with Crippen LogP contribution in [0.2, 0.25) is 0 Å². The van der Waals surface area contributed by atoms with Crippen LogP contribution in [0.1, 0.15) is 34.6 Å². The van der Waals surface area contributed by atoms with Crippen LogP contribution in [0.4, 0.5) is 0 Å². The molecule has 1 heterocycles. The molecule has 3 atom stereocenters. The lowest BCUT2D eigenvalue weighted by molar-refractivity contribution is -0.142. The Morgan fingerprint density at radius 3 is 2.28 bits per heavy atom. The van der Waals surface area contributed by atoms with Gasteiger partial charge in [0.05, 0.1) is 12.0 Å². The summed E-state index contributed by atoms with van der Waals surface area (Å²) in [6, 6.07) is -0.281. The molecule has 0 aromatic rings. The topological polar surface area (TPSA) is 69.6 Å². The van der Waals surface area contributed by atoms with Crippen molar-refractivity contribution in [3.8, 4) is 0 Å². The average Bonchev–Trinajstić information content (AvgIpc) is 2.56. The van der Waals surface area contributed by atoms with E-state index in [0.29, 0.717) is 13.1 Å². The molecule has 104 valence electrons. The van der Waals surface area contributed by atoms with Crippen molar-refractivity contribution in [2.45, 2.75) is 46.2 Å². The quantitative estimate of drug-likeness (QED) is 0.788.